The summed E-state index contributed by atoms with van der Waals surface area (Å²) in [6.45, 7) is 6.47. The molecule has 3 unspecified atom stereocenters. The van der Waals surface area contributed by atoms with Crippen LogP contribution >= 0.6 is 0 Å². The van der Waals surface area contributed by atoms with Gasteiger partial charge >= 0.3 is 5.97 Å². The predicted molar refractivity (Wildman–Crippen MR) is 255 cm³/mol. The number of allylic oxidation sites excluding steroid dienone is 4. The molecule has 0 aliphatic rings. The number of rotatable bonds is 47. The van der Waals surface area contributed by atoms with Gasteiger partial charge in [0.05, 0.1) is 25.2 Å². The topological polar surface area (TPSA) is 95.9 Å². The lowest BCUT2D eigenvalue weighted by atomic mass is 10.0. The third-order valence-electron chi connectivity index (χ3n) is 12.0. The molecule has 0 fully saturated rings. The van der Waals surface area contributed by atoms with Crippen molar-refractivity contribution in [1.82, 2.24) is 5.32 Å². The van der Waals surface area contributed by atoms with Crippen molar-refractivity contribution in [3.05, 3.63) is 24.3 Å². The lowest BCUT2D eigenvalue weighted by Crippen LogP contribution is -2.46. The zero-order valence-corrected chi connectivity index (χ0v) is 39.7. The molecule has 3 N–H and O–H groups in total. The van der Waals surface area contributed by atoms with Crippen molar-refractivity contribution in [3.8, 4) is 0 Å². The standard InChI is InChI=1S/C53H101NO5/c1-4-7-10-13-16-19-22-24-25-26-27-29-30-32-35-38-41-44-49(59-53(58)46-43-40-37-34-31-28-23-20-17-14-11-8-5-2)47-52(57)54-50(48-55)51(56)45-42-39-36-33-21-18-15-12-9-6-3/h28,31,37,40,49-51,55-56H,4-27,29-30,32-36,38-39,41-48H2,1-3H3,(H,54,57)/b31-28-,40-37+. The average molecular weight is 832 g/mol. The number of aliphatic hydroxyl groups is 2. The van der Waals surface area contributed by atoms with Crippen molar-refractivity contribution in [3.63, 3.8) is 0 Å². The summed E-state index contributed by atoms with van der Waals surface area (Å²) < 4.78 is 5.90. The summed E-state index contributed by atoms with van der Waals surface area (Å²) in [5.41, 5.74) is 0. The fourth-order valence-corrected chi connectivity index (χ4v) is 8.07. The molecule has 0 spiro atoms. The van der Waals surface area contributed by atoms with E-state index >= 15 is 0 Å². The van der Waals surface area contributed by atoms with Gasteiger partial charge in [-0.3, -0.25) is 9.59 Å². The number of unbranched alkanes of at least 4 members (excludes halogenated alkanes) is 31. The van der Waals surface area contributed by atoms with Gasteiger partial charge in [-0.15, -0.1) is 0 Å². The van der Waals surface area contributed by atoms with Crippen molar-refractivity contribution in [1.29, 1.82) is 0 Å². The van der Waals surface area contributed by atoms with Gasteiger partial charge in [0.1, 0.15) is 6.10 Å². The summed E-state index contributed by atoms with van der Waals surface area (Å²) in [7, 11) is 0. The highest BCUT2D eigenvalue weighted by atomic mass is 16.5. The van der Waals surface area contributed by atoms with Crippen LogP contribution in [0.25, 0.3) is 0 Å². The van der Waals surface area contributed by atoms with Gasteiger partial charge in [-0.2, -0.15) is 0 Å². The first-order valence-corrected chi connectivity index (χ1v) is 26.1. The number of hydrogen-bond acceptors (Lipinski definition) is 5. The zero-order chi connectivity index (χ0) is 43.1. The number of nitrogens with one attached hydrogen (secondary N) is 1. The van der Waals surface area contributed by atoms with Gasteiger partial charge in [-0.25, -0.2) is 0 Å². The first kappa shape index (κ1) is 57.3. The SMILES string of the molecule is CCCCCCCC/C=C\C/C=C/CCC(=O)OC(CCCCCCCCCCCCCCCCCCC)CC(=O)NC(CO)C(O)CCCCCCCCCCCC. The second-order valence-electron chi connectivity index (χ2n) is 17.9. The Morgan fingerprint density at radius 3 is 1.29 bits per heavy atom. The quantitative estimate of drug-likeness (QED) is 0.0322. The molecule has 348 valence electrons. The molecule has 0 saturated heterocycles. The Labute approximate surface area is 367 Å². The summed E-state index contributed by atoms with van der Waals surface area (Å²) in [5.74, 6) is -0.540. The third-order valence-corrected chi connectivity index (χ3v) is 12.0. The molecular weight excluding hydrogens is 731 g/mol. The molecule has 59 heavy (non-hydrogen) atoms. The monoisotopic (exact) mass is 832 g/mol. The first-order chi connectivity index (χ1) is 29.0. The van der Waals surface area contributed by atoms with Gasteiger partial charge in [0.25, 0.3) is 0 Å². The Morgan fingerprint density at radius 2 is 0.864 bits per heavy atom. The molecule has 6 heteroatoms. The smallest absolute Gasteiger partial charge is 0.306 e. The van der Waals surface area contributed by atoms with E-state index in [4.69, 9.17) is 4.74 Å². The number of esters is 1. The van der Waals surface area contributed by atoms with Crippen LogP contribution in [-0.4, -0.2) is 46.9 Å². The molecule has 6 nitrogen and oxygen atoms in total. The van der Waals surface area contributed by atoms with E-state index in [1.807, 2.05) is 0 Å². The summed E-state index contributed by atoms with van der Waals surface area (Å²) >= 11 is 0. The zero-order valence-electron chi connectivity index (χ0n) is 39.7. The van der Waals surface area contributed by atoms with E-state index in [9.17, 15) is 19.8 Å². The van der Waals surface area contributed by atoms with Gasteiger partial charge in [-0.1, -0.05) is 244 Å². The van der Waals surface area contributed by atoms with Crippen LogP contribution in [0.4, 0.5) is 0 Å². The number of carbonyl (C=O) groups excluding carboxylic acids is 2. The van der Waals surface area contributed by atoms with Crippen molar-refractivity contribution in [2.24, 2.45) is 0 Å². The average Bonchev–Trinajstić information content (AvgIpc) is 3.23. The van der Waals surface area contributed by atoms with Crippen LogP contribution in [0.2, 0.25) is 0 Å². The van der Waals surface area contributed by atoms with E-state index in [1.165, 1.54) is 180 Å². The highest BCUT2D eigenvalue weighted by molar-refractivity contribution is 5.77. The summed E-state index contributed by atoms with van der Waals surface area (Å²) in [5, 5.41) is 23.7. The molecule has 0 bridgehead atoms. The van der Waals surface area contributed by atoms with Crippen LogP contribution in [0.15, 0.2) is 24.3 Å². The van der Waals surface area contributed by atoms with Crippen LogP contribution in [0.5, 0.6) is 0 Å². The second kappa shape index (κ2) is 47.4. The van der Waals surface area contributed by atoms with Gasteiger partial charge in [0.2, 0.25) is 5.91 Å². The molecule has 0 heterocycles. The Kier molecular flexibility index (Phi) is 46.1. The van der Waals surface area contributed by atoms with Crippen LogP contribution in [0, 0.1) is 0 Å². The maximum atomic E-state index is 13.2. The minimum atomic E-state index is -0.790. The lowest BCUT2D eigenvalue weighted by Gasteiger charge is -2.24. The number of aliphatic hydroxyl groups excluding tert-OH is 2. The number of ether oxygens (including phenoxy) is 1. The number of carbonyl (C=O) groups is 2. The normalized spacial score (nSPS) is 13.4. The molecule has 0 aliphatic carbocycles. The van der Waals surface area contributed by atoms with E-state index in [0.29, 0.717) is 25.7 Å². The van der Waals surface area contributed by atoms with Crippen molar-refractivity contribution >= 4 is 11.9 Å². The van der Waals surface area contributed by atoms with Crippen molar-refractivity contribution in [2.75, 3.05) is 6.61 Å². The summed E-state index contributed by atoms with van der Waals surface area (Å²) in [4.78, 5) is 26.1. The third kappa shape index (κ3) is 42.8. The molecule has 0 aromatic rings. The molecule has 0 aliphatic heterocycles. The first-order valence-electron chi connectivity index (χ1n) is 26.1. The van der Waals surface area contributed by atoms with Gasteiger partial charge in [0, 0.05) is 6.42 Å². The van der Waals surface area contributed by atoms with Crippen LogP contribution in [0.3, 0.4) is 0 Å². The molecule has 1 amide bonds. The Hall–Kier alpha value is -1.66. The highest BCUT2D eigenvalue weighted by Gasteiger charge is 2.24. The molecular formula is C53H101NO5. The molecule has 3 atom stereocenters. The van der Waals surface area contributed by atoms with E-state index in [0.717, 1.165) is 44.9 Å². The molecule has 0 radical (unpaired) electrons. The van der Waals surface area contributed by atoms with Gasteiger partial charge < -0.3 is 20.3 Å². The number of amides is 1. The Bertz CT molecular complexity index is 935. The van der Waals surface area contributed by atoms with Gasteiger partial charge in [-0.05, 0) is 44.9 Å². The molecule has 0 rings (SSSR count). The van der Waals surface area contributed by atoms with Gasteiger partial charge in [0.15, 0.2) is 0 Å². The number of hydrogen-bond donors (Lipinski definition) is 3. The van der Waals surface area contributed by atoms with Crippen LogP contribution in [-0.2, 0) is 14.3 Å². The minimum Gasteiger partial charge on any atom is -0.462 e. The summed E-state index contributed by atoms with van der Waals surface area (Å²) in [6, 6.07) is -0.706. The maximum Gasteiger partial charge on any atom is 0.306 e. The van der Waals surface area contributed by atoms with E-state index in [2.05, 4.69) is 50.4 Å². The molecule has 0 aromatic heterocycles. The molecule has 0 saturated carbocycles. The van der Waals surface area contributed by atoms with E-state index in [1.54, 1.807) is 0 Å². The largest absolute Gasteiger partial charge is 0.462 e. The predicted octanol–water partition coefficient (Wildman–Crippen LogP) is 15.5. The Balaban J connectivity index is 4.60. The molecule has 0 aromatic carbocycles. The minimum absolute atomic E-state index is 0.0608. The fourth-order valence-electron chi connectivity index (χ4n) is 8.07. The summed E-state index contributed by atoms with van der Waals surface area (Å²) in [6.07, 6.45) is 53.9. The van der Waals surface area contributed by atoms with E-state index in [-0.39, 0.29) is 24.9 Å². The van der Waals surface area contributed by atoms with Crippen LogP contribution < -0.4 is 5.32 Å². The second-order valence-corrected chi connectivity index (χ2v) is 17.9. The van der Waals surface area contributed by atoms with Crippen molar-refractivity contribution in [2.45, 2.75) is 296 Å². The van der Waals surface area contributed by atoms with E-state index < -0.39 is 18.2 Å². The maximum absolute atomic E-state index is 13.2. The Morgan fingerprint density at radius 1 is 0.492 bits per heavy atom. The van der Waals surface area contributed by atoms with Crippen LogP contribution in [0.1, 0.15) is 278 Å². The lowest BCUT2D eigenvalue weighted by molar-refractivity contribution is -0.150. The van der Waals surface area contributed by atoms with Crippen molar-refractivity contribution < 1.29 is 24.5 Å². The fraction of sp³-hybridized carbons (Fsp3) is 0.887. The highest BCUT2D eigenvalue weighted by Crippen LogP contribution is 2.18.